The lowest BCUT2D eigenvalue weighted by molar-refractivity contribution is -0.141. The Morgan fingerprint density at radius 3 is 2.62 bits per heavy atom. The highest BCUT2D eigenvalue weighted by molar-refractivity contribution is 5.92. The average Bonchev–Trinajstić information content (AvgIpc) is 3.48. The summed E-state index contributed by atoms with van der Waals surface area (Å²) in [6, 6.07) is 2.96. The Bertz CT molecular complexity index is 1230. The Morgan fingerprint density at radius 1 is 1.14 bits per heavy atom. The first-order chi connectivity index (χ1) is 17.7. The van der Waals surface area contributed by atoms with Gasteiger partial charge in [0, 0.05) is 38.3 Å². The van der Waals surface area contributed by atoms with Crippen LogP contribution in [0.2, 0.25) is 0 Å². The summed E-state index contributed by atoms with van der Waals surface area (Å²) in [5.41, 5.74) is 0.0695. The van der Waals surface area contributed by atoms with Crippen LogP contribution in [0.5, 0.6) is 0 Å². The minimum atomic E-state index is -4.63. The largest absolute Gasteiger partial charge is 0.433 e. The molecule has 1 N–H and O–H groups in total. The number of fused-ring (bicyclic) bond motifs is 1. The average molecular weight is 517 g/mol. The van der Waals surface area contributed by atoms with Gasteiger partial charge in [0.25, 0.3) is 5.91 Å². The predicted octanol–water partition coefficient (Wildman–Crippen LogP) is 2.28. The van der Waals surface area contributed by atoms with Crippen LogP contribution in [-0.4, -0.2) is 74.0 Å². The van der Waals surface area contributed by atoms with Crippen molar-refractivity contribution in [3.05, 3.63) is 53.1 Å². The Balaban J connectivity index is 1.14. The molecule has 12 heteroatoms. The third kappa shape index (κ3) is 5.52. The molecule has 5 rings (SSSR count). The molecule has 2 saturated heterocycles. The van der Waals surface area contributed by atoms with Gasteiger partial charge in [-0.15, -0.1) is 0 Å². The summed E-state index contributed by atoms with van der Waals surface area (Å²) < 4.78 is 40.3. The molecule has 2 aromatic heterocycles. The molecule has 3 amide bonds. The monoisotopic (exact) mass is 516 g/mol. The highest BCUT2D eigenvalue weighted by atomic mass is 19.4. The maximum atomic E-state index is 12.9. The molecule has 0 spiro atoms. The zero-order valence-corrected chi connectivity index (χ0v) is 20.1. The molecule has 3 aliphatic rings. The summed E-state index contributed by atoms with van der Waals surface area (Å²) in [6.07, 6.45) is 4.03. The fourth-order valence-corrected chi connectivity index (χ4v) is 5.15. The number of aromatic nitrogens is 3. The van der Waals surface area contributed by atoms with E-state index in [0.29, 0.717) is 31.6 Å². The van der Waals surface area contributed by atoms with Gasteiger partial charge in [-0.05, 0) is 49.5 Å². The van der Waals surface area contributed by atoms with Gasteiger partial charge in [-0.1, -0.05) is 12.1 Å². The molecule has 0 radical (unpaired) electrons. The second-order valence-electron chi connectivity index (χ2n) is 9.59. The Kier molecular flexibility index (Phi) is 6.74. The molecule has 1 unspecified atom stereocenters. The SMILES string of the molecule is O=C(NC1C=Cc2nn(CC(=O)N3CCC(N4CCCC4=O)CC3)cc2C1)c1cccc(C(F)(F)F)n1. The number of carbonyl (C=O) groups excluding carboxylic acids is 3. The van der Waals surface area contributed by atoms with Gasteiger partial charge < -0.3 is 15.1 Å². The van der Waals surface area contributed by atoms with Crippen molar-refractivity contribution in [1.29, 1.82) is 0 Å². The number of alkyl halides is 3. The summed E-state index contributed by atoms with van der Waals surface area (Å²) in [4.78, 5) is 44.5. The second kappa shape index (κ2) is 9.98. The van der Waals surface area contributed by atoms with E-state index in [2.05, 4.69) is 15.4 Å². The molecule has 4 heterocycles. The molecule has 2 aromatic rings. The van der Waals surface area contributed by atoms with Gasteiger partial charge >= 0.3 is 6.18 Å². The lowest BCUT2D eigenvalue weighted by Gasteiger charge is -2.36. The molecule has 2 fully saturated rings. The van der Waals surface area contributed by atoms with E-state index < -0.39 is 23.8 Å². The third-order valence-electron chi connectivity index (χ3n) is 7.05. The number of likely N-dealkylation sites (tertiary alicyclic amines) is 2. The van der Waals surface area contributed by atoms with Crippen molar-refractivity contribution in [3.63, 3.8) is 0 Å². The highest BCUT2D eigenvalue weighted by Crippen LogP contribution is 2.27. The van der Waals surface area contributed by atoms with E-state index >= 15 is 0 Å². The van der Waals surface area contributed by atoms with E-state index in [1.54, 1.807) is 27.9 Å². The second-order valence-corrected chi connectivity index (χ2v) is 9.59. The Labute approximate surface area is 211 Å². The molecule has 196 valence electrons. The van der Waals surface area contributed by atoms with Gasteiger partial charge in [0.1, 0.15) is 17.9 Å². The molecule has 1 atom stereocenters. The minimum Gasteiger partial charge on any atom is -0.344 e. The highest BCUT2D eigenvalue weighted by Gasteiger charge is 2.34. The van der Waals surface area contributed by atoms with Crippen molar-refractivity contribution < 1.29 is 27.6 Å². The number of nitrogens with one attached hydrogen (secondary N) is 1. The van der Waals surface area contributed by atoms with Crippen molar-refractivity contribution in [1.82, 2.24) is 29.9 Å². The van der Waals surface area contributed by atoms with E-state index in [-0.39, 0.29) is 30.1 Å². The number of hydrogen-bond acceptors (Lipinski definition) is 5. The lowest BCUT2D eigenvalue weighted by Crippen LogP contribution is -2.47. The van der Waals surface area contributed by atoms with E-state index in [0.717, 1.165) is 43.5 Å². The van der Waals surface area contributed by atoms with Gasteiger partial charge in [-0.2, -0.15) is 18.3 Å². The summed E-state index contributed by atoms with van der Waals surface area (Å²) >= 11 is 0. The van der Waals surface area contributed by atoms with Crippen LogP contribution in [0, 0.1) is 0 Å². The van der Waals surface area contributed by atoms with Crippen LogP contribution in [0.25, 0.3) is 6.08 Å². The van der Waals surface area contributed by atoms with E-state index in [1.807, 2.05) is 4.90 Å². The van der Waals surface area contributed by atoms with E-state index in [4.69, 9.17) is 0 Å². The minimum absolute atomic E-state index is 0.0458. The van der Waals surface area contributed by atoms with Crippen LogP contribution in [0.15, 0.2) is 30.5 Å². The molecule has 0 bridgehead atoms. The first kappa shape index (κ1) is 25.0. The number of rotatable bonds is 5. The molecule has 2 aliphatic heterocycles. The number of hydrogen-bond donors (Lipinski definition) is 1. The van der Waals surface area contributed by atoms with Crippen molar-refractivity contribution in [2.75, 3.05) is 19.6 Å². The summed E-state index contributed by atoms with van der Waals surface area (Å²) in [6.45, 7) is 2.10. The fraction of sp³-hybridized carbons (Fsp3) is 0.480. The van der Waals surface area contributed by atoms with Gasteiger partial charge in [-0.3, -0.25) is 19.1 Å². The van der Waals surface area contributed by atoms with Crippen LogP contribution in [0.1, 0.15) is 53.1 Å². The van der Waals surface area contributed by atoms with Crippen molar-refractivity contribution in [2.24, 2.45) is 0 Å². The smallest absolute Gasteiger partial charge is 0.344 e. The van der Waals surface area contributed by atoms with Crippen LogP contribution >= 0.6 is 0 Å². The quantitative estimate of drug-likeness (QED) is 0.658. The topological polar surface area (TPSA) is 100 Å². The third-order valence-corrected chi connectivity index (χ3v) is 7.05. The van der Waals surface area contributed by atoms with Crippen LogP contribution in [0.3, 0.4) is 0 Å². The van der Waals surface area contributed by atoms with Crippen LogP contribution in [-0.2, 0) is 28.7 Å². The van der Waals surface area contributed by atoms with Crippen molar-refractivity contribution in [3.8, 4) is 0 Å². The standard InChI is InChI=1S/C25H27F3N6O3/c26-25(27,28)21-4-1-3-20(30-21)24(37)29-17-6-7-19-16(13-17)14-33(31-19)15-23(36)32-11-8-18(9-12-32)34-10-2-5-22(34)35/h1,3-4,6-7,14,17-18H,2,5,8-13,15H2,(H,29,37). The summed E-state index contributed by atoms with van der Waals surface area (Å²) in [7, 11) is 0. The maximum absolute atomic E-state index is 12.9. The first-order valence-corrected chi connectivity index (χ1v) is 12.3. The lowest BCUT2D eigenvalue weighted by atomic mass is 10.0. The Hall–Kier alpha value is -3.70. The number of carbonyl (C=O) groups is 3. The maximum Gasteiger partial charge on any atom is 0.433 e. The molecule has 0 aromatic carbocycles. The van der Waals surface area contributed by atoms with Gasteiger partial charge in [-0.25, -0.2) is 4.98 Å². The Morgan fingerprint density at radius 2 is 1.92 bits per heavy atom. The summed E-state index contributed by atoms with van der Waals surface area (Å²) in [5.74, 6) is -0.540. The number of nitrogens with zero attached hydrogens (tertiary/aromatic N) is 5. The molecule has 37 heavy (non-hydrogen) atoms. The number of amides is 3. The molecule has 9 nitrogen and oxygen atoms in total. The molecular weight excluding hydrogens is 489 g/mol. The van der Waals surface area contributed by atoms with Crippen molar-refractivity contribution >= 4 is 23.8 Å². The van der Waals surface area contributed by atoms with Crippen LogP contribution < -0.4 is 5.32 Å². The molecule has 0 saturated carbocycles. The van der Waals surface area contributed by atoms with Crippen LogP contribution in [0.4, 0.5) is 13.2 Å². The van der Waals surface area contributed by atoms with Gasteiger partial charge in [0.15, 0.2) is 0 Å². The molecular formula is C25H27F3N6O3. The number of halogens is 3. The molecule has 1 aliphatic carbocycles. The fourth-order valence-electron chi connectivity index (χ4n) is 5.15. The normalized spacial score (nSPS) is 20.3. The summed E-state index contributed by atoms with van der Waals surface area (Å²) in [5, 5.41) is 7.15. The first-order valence-electron chi connectivity index (χ1n) is 12.3. The van der Waals surface area contributed by atoms with E-state index in [9.17, 15) is 27.6 Å². The number of piperidine rings is 1. The van der Waals surface area contributed by atoms with Gasteiger partial charge in [0.05, 0.1) is 11.7 Å². The zero-order valence-electron chi connectivity index (χ0n) is 20.1. The van der Waals surface area contributed by atoms with Gasteiger partial charge in [0.2, 0.25) is 11.8 Å². The predicted molar refractivity (Wildman–Crippen MR) is 126 cm³/mol. The van der Waals surface area contributed by atoms with Crippen molar-refractivity contribution in [2.45, 2.75) is 56.9 Å². The zero-order chi connectivity index (χ0) is 26.2. The number of pyridine rings is 1. The van der Waals surface area contributed by atoms with E-state index in [1.165, 1.54) is 6.07 Å².